The molecule has 4 atom stereocenters. The number of rotatable bonds is 1. The fourth-order valence-corrected chi connectivity index (χ4v) is 2.71. The third kappa shape index (κ3) is 2.58. The molecule has 4 unspecified atom stereocenters. The molecule has 0 bridgehead atoms. The van der Waals surface area contributed by atoms with Crippen LogP contribution in [0.1, 0.15) is 33.1 Å². The summed E-state index contributed by atoms with van der Waals surface area (Å²) in [6.07, 6.45) is 2.86. The van der Waals surface area contributed by atoms with Crippen LogP contribution in [0.3, 0.4) is 0 Å². The molecule has 0 radical (unpaired) electrons. The van der Waals surface area contributed by atoms with Crippen LogP contribution in [0.2, 0.25) is 0 Å². The van der Waals surface area contributed by atoms with E-state index in [0.717, 1.165) is 25.9 Å². The van der Waals surface area contributed by atoms with Crippen LogP contribution in [0.5, 0.6) is 0 Å². The molecule has 1 heterocycles. The van der Waals surface area contributed by atoms with Crippen LogP contribution < -0.4 is 5.32 Å². The van der Waals surface area contributed by atoms with E-state index >= 15 is 0 Å². The lowest BCUT2D eigenvalue weighted by Gasteiger charge is -2.37. The summed E-state index contributed by atoms with van der Waals surface area (Å²) in [4.78, 5) is 11.9. The minimum atomic E-state index is 0.191. The van der Waals surface area contributed by atoms with Crippen LogP contribution in [-0.4, -0.2) is 31.1 Å². The largest absolute Gasteiger partial charge is 0.378 e. The van der Waals surface area contributed by atoms with Crippen LogP contribution in [0.15, 0.2) is 0 Å². The lowest BCUT2D eigenvalue weighted by Crippen LogP contribution is -2.53. The number of morpholine rings is 1. The van der Waals surface area contributed by atoms with Gasteiger partial charge in [0.1, 0.15) is 5.78 Å². The van der Waals surface area contributed by atoms with Gasteiger partial charge in [0.25, 0.3) is 0 Å². The van der Waals surface area contributed by atoms with Crippen molar-refractivity contribution in [1.82, 2.24) is 5.32 Å². The molecule has 1 aliphatic heterocycles. The van der Waals surface area contributed by atoms with E-state index in [4.69, 9.17) is 4.74 Å². The first-order chi connectivity index (χ1) is 7.16. The molecule has 0 aromatic heterocycles. The van der Waals surface area contributed by atoms with Crippen LogP contribution in [0.25, 0.3) is 0 Å². The molecule has 0 aromatic rings. The second-order valence-corrected chi connectivity index (χ2v) is 5.16. The zero-order valence-electron chi connectivity index (χ0n) is 9.66. The maximum Gasteiger partial charge on any atom is 0.137 e. The first-order valence-electron chi connectivity index (χ1n) is 6.03. The van der Waals surface area contributed by atoms with Crippen LogP contribution in [0, 0.1) is 11.8 Å². The van der Waals surface area contributed by atoms with Crippen LogP contribution >= 0.6 is 0 Å². The van der Waals surface area contributed by atoms with Gasteiger partial charge < -0.3 is 10.1 Å². The van der Waals surface area contributed by atoms with Crippen LogP contribution in [0.4, 0.5) is 0 Å². The summed E-state index contributed by atoms with van der Waals surface area (Å²) in [5.74, 6) is 1.31. The van der Waals surface area contributed by atoms with E-state index in [0.29, 0.717) is 24.3 Å². The van der Waals surface area contributed by atoms with Gasteiger partial charge in [-0.15, -0.1) is 0 Å². The monoisotopic (exact) mass is 211 g/mol. The maximum atomic E-state index is 11.9. The summed E-state index contributed by atoms with van der Waals surface area (Å²) < 4.78 is 5.52. The third-order valence-corrected chi connectivity index (χ3v) is 3.60. The summed E-state index contributed by atoms with van der Waals surface area (Å²) in [5.41, 5.74) is 0. The first kappa shape index (κ1) is 11.1. The molecule has 0 spiro atoms. The van der Waals surface area contributed by atoms with Crippen molar-refractivity contribution in [3.63, 3.8) is 0 Å². The van der Waals surface area contributed by atoms with Crippen molar-refractivity contribution in [2.75, 3.05) is 13.2 Å². The Morgan fingerprint density at radius 1 is 1.33 bits per heavy atom. The Labute approximate surface area is 91.6 Å². The Kier molecular flexibility index (Phi) is 3.42. The van der Waals surface area contributed by atoms with E-state index in [2.05, 4.69) is 19.2 Å². The van der Waals surface area contributed by atoms with Crippen molar-refractivity contribution in [3.05, 3.63) is 0 Å². The number of carbonyl (C=O) groups excluding carboxylic acids is 1. The number of nitrogens with one attached hydrogen (secondary N) is 1. The molecule has 2 aliphatic rings. The summed E-state index contributed by atoms with van der Waals surface area (Å²) in [7, 11) is 0. The standard InChI is InChI=1S/C12H21NO2/c1-8-3-4-12(14)10(5-8)11-7-15-6-9(2)13-11/h8-11,13H,3-7H2,1-2H3. The van der Waals surface area contributed by atoms with Gasteiger partial charge in [0.15, 0.2) is 0 Å². The smallest absolute Gasteiger partial charge is 0.137 e. The molecule has 2 fully saturated rings. The van der Waals surface area contributed by atoms with Gasteiger partial charge in [-0.05, 0) is 25.7 Å². The van der Waals surface area contributed by atoms with E-state index in [-0.39, 0.29) is 12.0 Å². The molecule has 1 saturated heterocycles. The van der Waals surface area contributed by atoms with Gasteiger partial charge in [0.2, 0.25) is 0 Å². The van der Waals surface area contributed by atoms with Gasteiger partial charge in [-0.2, -0.15) is 0 Å². The topological polar surface area (TPSA) is 38.3 Å². The van der Waals surface area contributed by atoms with E-state index < -0.39 is 0 Å². The molecular weight excluding hydrogens is 190 g/mol. The summed E-state index contributed by atoms with van der Waals surface area (Å²) in [6.45, 7) is 5.83. The Balaban J connectivity index is 1.98. The average molecular weight is 211 g/mol. The summed E-state index contributed by atoms with van der Waals surface area (Å²) in [6, 6.07) is 0.637. The number of ketones is 1. The average Bonchev–Trinajstić information content (AvgIpc) is 2.22. The predicted octanol–water partition coefficient (Wildman–Crippen LogP) is 1.37. The predicted molar refractivity (Wildman–Crippen MR) is 58.7 cm³/mol. The van der Waals surface area contributed by atoms with Crippen LogP contribution in [-0.2, 0) is 9.53 Å². The highest BCUT2D eigenvalue weighted by Crippen LogP contribution is 2.29. The number of ether oxygens (including phenoxy) is 1. The van der Waals surface area contributed by atoms with E-state index in [1.807, 2.05) is 0 Å². The first-order valence-corrected chi connectivity index (χ1v) is 6.03. The van der Waals surface area contributed by atoms with E-state index in [1.165, 1.54) is 0 Å². The van der Waals surface area contributed by atoms with Gasteiger partial charge in [-0.25, -0.2) is 0 Å². The third-order valence-electron chi connectivity index (χ3n) is 3.60. The number of Topliss-reactive ketones (excluding diaryl/α,β-unsaturated/α-hetero) is 1. The van der Waals surface area contributed by atoms with Crippen molar-refractivity contribution in [2.45, 2.75) is 45.2 Å². The lowest BCUT2D eigenvalue weighted by molar-refractivity contribution is -0.128. The minimum Gasteiger partial charge on any atom is -0.378 e. The quantitative estimate of drug-likeness (QED) is 0.712. The Morgan fingerprint density at radius 2 is 2.13 bits per heavy atom. The highest BCUT2D eigenvalue weighted by Gasteiger charge is 2.35. The lowest BCUT2D eigenvalue weighted by atomic mass is 9.77. The molecule has 1 saturated carbocycles. The number of hydrogen-bond acceptors (Lipinski definition) is 3. The molecule has 0 amide bonds. The maximum absolute atomic E-state index is 11.9. The highest BCUT2D eigenvalue weighted by atomic mass is 16.5. The molecule has 1 N–H and O–H groups in total. The van der Waals surface area contributed by atoms with Crippen molar-refractivity contribution < 1.29 is 9.53 Å². The fraction of sp³-hybridized carbons (Fsp3) is 0.917. The molecule has 1 aliphatic carbocycles. The summed E-state index contributed by atoms with van der Waals surface area (Å²) in [5, 5.41) is 3.49. The Morgan fingerprint density at radius 3 is 2.87 bits per heavy atom. The van der Waals surface area contributed by atoms with Crippen molar-refractivity contribution in [2.24, 2.45) is 11.8 Å². The summed E-state index contributed by atoms with van der Waals surface area (Å²) >= 11 is 0. The second kappa shape index (κ2) is 4.62. The second-order valence-electron chi connectivity index (χ2n) is 5.16. The Bertz CT molecular complexity index is 242. The SMILES string of the molecule is CC1CCC(=O)C(C2COCC(C)N2)C1. The Hall–Kier alpha value is -0.410. The van der Waals surface area contributed by atoms with Crippen molar-refractivity contribution >= 4 is 5.78 Å². The van der Waals surface area contributed by atoms with Crippen molar-refractivity contribution in [3.8, 4) is 0 Å². The van der Waals surface area contributed by atoms with Gasteiger partial charge in [0, 0.05) is 24.4 Å². The molecule has 2 rings (SSSR count). The normalized spacial score (nSPS) is 42.9. The van der Waals surface area contributed by atoms with E-state index in [1.54, 1.807) is 0 Å². The molecule has 0 aromatic carbocycles. The van der Waals surface area contributed by atoms with E-state index in [9.17, 15) is 4.79 Å². The molecule has 3 heteroatoms. The molecule has 15 heavy (non-hydrogen) atoms. The number of carbonyl (C=O) groups is 1. The molecule has 86 valence electrons. The van der Waals surface area contributed by atoms with Crippen molar-refractivity contribution in [1.29, 1.82) is 0 Å². The molecular formula is C12H21NO2. The van der Waals surface area contributed by atoms with Gasteiger partial charge in [-0.1, -0.05) is 6.92 Å². The number of hydrogen-bond donors (Lipinski definition) is 1. The van der Waals surface area contributed by atoms with Gasteiger partial charge >= 0.3 is 0 Å². The van der Waals surface area contributed by atoms with Gasteiger partial charge in [-0.3, -0.25) is 4.79 Å². The highest BCUT2D eigenvalue weighted by molar-refractivity contribution is 5.82. The zero-order valence-corrected chi connectivity index (χ0v) is 9.66. The molecule has 3 nitrogen and oxygen atoms in total. The fourth-order valence-electron chi connectivity index (χ4n) is 2.71. The van der Waals surface area contributed by atoms with Gasteiger partial charge in [0.05, 0.1) is 13.2 Å². The minimum absolute atomic E-state index is 0.191. The zero-order chi connectivity index (χ0) is 10.8.